The van der Waals surface area contributed by atoms with Crippen molar-refractivity contribution in [1.82, 2.24) is 14.5 Å². The van der Waals surface area contributed by atoms with Gasteiger partial charge in [0.15, 0.2) is 6.61 Å². The molecule has 2 heterocycles. The topological polar surface area (TPSA) is 50.6 Å². The van der Waals surface area contributed by atoms with Crippen molar-refractivity contribution < 1.29 is 9.53 Å². The predicted octanol–water partition coefficient (Wildman–Crippen LogP) is 3.64. The number of nitrogens with zero attached hydrogens (tertiary/aromatic N) is 4. The number of hydrogen-bond acceptors (Lipinski definition) is 4. The van der Waals surface area contributed by atoms with Gasteiger partial charge in [-0.05, 0) is 37.6 Å². The average Bonchev–Trinajstić information content (AvgIpc) is 3.23. The number of amides is 1. The maximum absolute atomic E-state index is 12.6. The number of para-hydroxylation sites is 1. The Kier molecular flexibility index (Phi) is 7.00. The first-order chi connectivity index (χ1) is 14.1. The summed E-state index contributed by atoms with van der Waals surface area (Å²) in [6.45, 7) is 6.96. The Morgan fingerprint density at radius 1 is 1.00 bits per heavy atom. The van der Waals surface area contributed by atoms with E-state index in [-0.39, 0.29) is 24.9 Å². The minimum Gasteiger partial charge on any atom is -0.484 e. The molecular formula is C23H27ClN4O2. The molecule has 1 aliphatic rings. The van der Waals surface area contributed by atoms with Gasteiger partial charge >= 0.3 is 0 Å². The molecule has 7 heteroatoms. The summed E-state index contributed by atoms with van der Waals surface area (Å²) in [5.74, 6) is 1.70. The second kappa shape index (κ2) is 9.67. The van der Waals surface area contributed by atoms with Crippen LogP contribution in [-0.2, 0) is 4.79 Å². The first-order valence-electron chi connectivity index (χ1n) is 9.93. The van der Waals surface area contributed by atoms with E-state index in [2.05, 4.69) is 45.6 Å². The van der Waals surface area contributed by atoms with Crippen LogP contribution in [0.5, 0.6) is 5.75 Å². The van der Waals surface area contributed by atoms with Crippen LogP contribution in [0.3, 0.4) is 0 Å². The zero-order valence-corrected chi connectivity index (χ0v) is 18.1. The third-order valence-corrected chi connectivity index (χ3v) is 5.29. The summed E-state index contributed by atoms with van der Waals surface area (Å²) >= 11 is 0. The number of benzene rings is 2. The Bertz CT molecular complexity index is 979. The maximum atomic E-state index is 12.6. The van der Waals surface area contributed by atoms with Gasteiger partial charge in [-0.3, -0.25) is 9.36 Å². The van der Waals surface area contributed by atoms with Gasteiger partial charge in [0.05, 0.1) is 0 Å². The van der Waals surface area contributed by atoms with Crippen LogP contribution in [0.1, 0.15) is 11.1 Å². The fourth-order valence-corrected chi connectivity index (χ4v) is 3.54. The largest absolute Gasteiger partial charge is 0.484 e. The van der Waals surface area contributed by atoms with Crippen molar-refractivity contribution >= 4 is 24.3 Å². The van der Waals surface area contributed by atoms with E-state index in [4.69, 9.17) is 4.74 Å². The quantitative estimate of drug-likeness (QED) is 0.625. The second-order valence-electron chi connectivity index (χ2n) is 7.35. The smallest absolute Gasteiger partial charge is 0.260 e. The minimum atomic E-state index is 0. The van der Waals surface area contributed by atoms with E-state index in [1.807, 2.05) is 48.5 Å². The Morgan fingerprint density at radius 3 is 2.40 bits per heavy atom. The van der Waals surface area contributed by atoms with E-state index in [1.54, 1.807) is 0 Å². The molecule has 0 bridgehead atoms. The fourth-order valence-electron chi connectivity index (χ4n) is 3.54. The summed E-state index contributed by atoms with van der Waals surface area (Å²) in [4.78, 5) is 21.2. The zero-order chi connectivity index (χ0) is 20.2. The lowest BCUT2D eigenvalue weighted by Gasteiger charge is -2.35. The summed E-state index contributed by atoms with van der Waals surface area (Å²) in [6.07, 6.45) is 3.80. The Balaban J connectivity index is 0.00000256. The van der Waals surface area contributed by atoms with Gasteiger partial charge in [-0.1, -0.05) is 35.9 Å². The summed E-state index contributed by atoms with van der Waals surface area (Å²) in [6, 6.07) is 16.2. The number of piperazine rings is 1. The van der Waals surface area contributed by atoms with Crippen molar-refractivity contribution in [3.05, 3.63) is 72.1 Å². The molecule has 0 aliphatic carbocycles. The molecule has 0 unspecified atom stereocenters. The molecule has 1 saturated heterocycles. The molecule has 4 rings (SSSR count). The van der Waals surface area contributed by atoms with Gasteiger partial charge in [0.25, 0.3) is 5.91 Å². The molecule has 0 spiro atoms. The Hall–Kier alpha value is -2.99. The lowest BCUT2D eigenvalue weighted by Crippen LogP contribution is -2.50. The van der Waals surface area contributed by atoms with Crippen molar-refractivity contribution in [1.29, 1.82) is 0 Å². The lowest BCUT2D eigenvalue weighted by atomic mass is 10.2. The molecule has 3 aromatic rings. The maximum Gasteiger partial charge on any atom is 0.260 e. The van der Waals surface area contributed by atoms with Crippen LogP contribution in [0.4, 0.5) is 5.95 Å². The number of ether oxygens (including phenoxy) is 1. The monoisotopic (exact) mass is 426 g/mol. The zero-order valence-electron chi connectivity index (χ0n) is 17.3. The molecule has 0 radical (unpaired) electrons. The molecule has 6 nitrogen and oxygen atoms in total. The molecule has 1 aliphatic heterocycles. The number of halogens is 1. The van der Waals surface area contributed by atoms with Gasteiger partial charge in [0.2, 0.25) is 5.95 Å². The minimum absolute atomic E-state index is 0. The molecular weight excluding hydrogens is 400 g/mol. The van der Waals surface area contributed by atoms with E-state index >= 15 is 0 Å². The van der Waals surface area contributed by atoms with Crippen LogP contribution >= 0.6 is 12.4 Å². The SMILES string of the molecule is Cc1ccc(-n2ccnc2N2CCN(C(=O)COc3ccccc3C)CC2)cc1.Cl. The van der Waals surface area contributed by atoms with E-state index in [1.165, 1.54) is 5.56 Å². The Labute approximate surface area is 183 Å². The summed E-state index contributed by atoms with van der Waals surface area (Å²) in [7, 11) is 0. The highest BCUT2D eigenvalue weighted by atomic mass is 35.5. The van der Waals surface area contributed by atoms with Gasteiger partial charge < -0.3 is 14.5 Å². The number of aryl methyl sites for hydroxylation is 2. The van der Waals surface area contributed by atoms with E-state index < -0.39 is 0 Å². The van der Waals surface area contributed by atoms with E-state index in [9.17, 15) is 4.79 Å². The van der Waals surface area contributed by atoms with Gasteiger partial charge in [-0.25, -0.2) is 4.98 Å². The van der Waals surface area contributed by atoms with Gasteiger partial charge in [0.1, 0.15) is 5.75 Å². The molecule has 30 heavy (non-hydrogen) atoms. The van der Waals surface area contributed by atoms with Crippen LogP contribution in [0.25, 0.3) is 5.69 Å². The number of aromatic nitrogens is 2. The highest BCUT2D eigenvalue weighted by Crippen LogP contribution is 2.20. The number of rotatable bonds is 5. The standard InChI is InChI=1S/C23H26N4O2.ClH/c1-18-7-9-20(10-8-18)27-12-11-24-23(27)26-15-13-25(14-16-26)22(28)17-29-21-6-4-3-5-19(21)2;/h3-12H,13-17H2,1-2H3;1H. The van der Waals surface area contributed by atoms with Crippen LogP contribution in [-0.4, -0.2) is 53.1 Å². The molecule has 2 aromatic carbocycles. The van der Waals surface area contributed by atoms with Crippen molar-refractivity contribution in [2.75, 3.05) is 37.7 Å². The van der Waals surface area contributed by atoms with Gasteiger partial charge in [-0.15, -0.1) is 12.4 Å². The van der Waals surface area contributed by atoms with Crippen LogP contribution in [0.2, 0.25) is 0 Å². The fraction of sp³-hybridized carbons (Fsp3) is 0.304. The molecule has 1 aromatic heterocycles. The Morgan fingerprint density at radius 2 is 1.70 bits per heavy atom. The molecule has 0 atom stereocenters. The number of anilines is 1. The predicted molar refractivity (Wildman–Crippen MR) is 121 cm³/mol. The third kappa shape index (κ3) is 4.76. The normalized spacial score (nSPS) is 13.7. The van der Waals surface area contributed by atoms with Gasteiger partial charge in [0, 0.05) is 44.3 Å². The summed E-state index contributed by atoms with van der Waals surface area (Å²) in [5, 5.41) is 0. The van der Waals surface area contributed by atoms with Crippen LogP contribution in [0, 0.1) is 13.8 Å². The molecule has 0 N–H and O–H groups in total. The van der Waals surface area contributed by atoms with E-state index in [0.29, 0.717) is 13.1 Å². The molecule has 0 saturated carbocycles. The highest BCUT2D eigenvalue weighted by Gasteiger charge is 2.24. The first kappa shape index (κ1) is 21.7. The van der Waals surface area contributed by atoms with Crippen molar-refractivity contribution in [3.8, 4) is 11.4 Å². The van der Waals surface area contributed by atoms with Crippen molar-refractivity contribution in [3.63, 3.8) is 0 Å². The molecule has 1 fully saturated rings. The number of hydrogen-bond donors (Lipinski definition) is 0. The van der Waals surface area contributed by atoms with Crippen LogP contribution in [0.15, 0.2) is 60.9 Å². The van der Waals surface area contributed by atoms with Crippen molar-refractivity contribution in [2.24, 2.45) is 0 Å². The van der Waals surface area contributed by atoms with E-state index in [0.717, 1.165) is 36.0 Å². The van der Waals surface area contributed by atoms with Crippen LogP contribution < -0.4 is 9.64 Å². The molecule has 158 valence electrons. The average molecular weight is 427 g/mol. The highest BCUT2D eigenvalue weighted by molar-refractivity contribution is 5.85. The number of carbonyl (C=O) groups excluding carboxylic acids is 1. The first-order valence-corrected chi connectivity index (χ1v) is 9.93. The second-order valence-corrected chi connectivity index (χ2v) is 7.35. The summed E-state index contributed by atoms with van der Waals surface area (Å²) < 4.78 is 7.81. The third-order valence-electron chi connectivity index (χ3n) is 5.29. The number of carbonyl (C=O) groups is 1. The summed E-state index contributed by atoms with van der Waals surface area (Å²) in [5.41, 5.74) is 3.36. The lowest BCUT2D eigenvalue weighted by molar-refractivity contribution is -0.133. The van der Waals surface area contributed by atoms with Gasteiger partial charge in [-0.2, -0.15) is 0 Å². The number of imidazole rings is 1. The van der Waals surface area contributed by atoms with Crippen molar-refractivity contribution in [2.45, 2.75) is 13.8 Å². The molecule has 1 amide bonds.